The minimum atomic E-state index is -0.154. The van der Waals surface area contributed by atoms with Crippen LogP contribution >= 0.6 is 11.6 Å². The Hall–Kier alpha value is -2.26. The molecule has 0 radical (unpaired) electrons. The highest BCUT2D eigenvalue weighted by Crippen LogP contribution is 2.30. The van der Waals surface area contributed by atoms with Gasteiger partial charge < -0.3 is 15.4 Å². The molecule has 0 unspecified atom stereocenters. The van der Waals surface area contributed by atoms with Crippen molar-refractivity contribution >= 4 is 29.5 Å². The van der Waals surface area contributed by atoms with Gasteiger partial charge in [0.05, 0.1) is 16.3 Å². The van der Waals surface area contributed by atoms with E-state index in [0.717, 1.165) is 12.0 Å². The number of oxime groups is 1. The number of nitrogens with zero attached hydrogens (tertiary/aromatic N) is 3. The van der Waals surface area contributed by atoms with Gasteiger partial charge in [0, 0.05) is 19.0 Å². The Morgan fingerprint density at radius 1 is 1.52 bits per heavy atom. The molecule has 6 nitrogen and oxygen atoms in total. The molecule has 1 aromatic carbocycles. The molecule has 1 aromatic rings. The van der Waals surface area contributed by atoms with Crippen molar-refractivity contribution in [3.05, 3.63) is 28.8 Å². The first kappa shape index (κ1) is 15.1. The zero-order valence-electron chi connectivity index (χ0n) is 11.3. The van der Waals surface area contributed by atoms with E-state index in [2.05, 4.69) is 21.4 Å². The third kappa shape index (κ3) is 3.44. The third-order valence-electron chi connectivity index (χ3n) is 3.57. The van der Waals surface area contributed by atoms with E-state index in [0.29, 0.717) is 36.5 Å². The molecule has 1 aliphatic heterocycles. The summed E-state index contributed by atoms with van der Waals surface area (Å²) in [5.41, 5.74) is 1.27. The normalized spacial score (nSPS) is 15.9. The van der Waals surface area contributed by atoms with Crippen LogP contribution in [0.3, 0.4) is 0 Å². The Kier molecular flexibility index (Phi) is 5.01. The molecular weight excluding hydrogens is 292 g/mol. The summed E-state index contributed by atoms with van der Waals surface area (Å²) in [6.07, 6.45) is 2.31. The second-order valence-electron chi connectivity index (χ2n) is 4.76. The monoisotopic (exact) mass is 306 g/mol. The van der Waals surface area contributed by atoms with Gasteiger partial charge >= 0.3 is 0 Å². The van der Waals surface area contributed by atoms with Gasteiger partial charge in [-0.1, -0.05) is 22.8 Å². The Labute approximate surface area is 127 Å². The van der Waals surface area contributed by atoms with Crippen LogP contribution in [0.1, 0.15) is 18.4 Å². The van der Waals surface area contributed by atoms with Crippen LogP contribution in [0.2, 0.25) is 5.02 Å². The van der Waals surface area contributed by atoms with Crippen molar-refractivity contribution in [1.29, 1.82) is 5.26 Å². The first-order chi connectivity index (χ1) is 10.2. The fourth-order valence-corrected chi connectivity index (χ4v) is 2.69. The molecule has 0 bridgehead atoms. The number of benzene rings is 1. The summed E-state index contributed by atoms with van der Waals surface area (Å²) in [6, 6.07) is 7.50. The number of carbonyl (C=O) groups excluding carboxylic acids is 1. The van der Waals surface area contributed by atoms with Crippen LogP contribution in [-0.4, -0.2) is 30.5 Å². The van der Waals surface area contributed by atoms with Crippen LogP contribution in [0.5, 0.6) is 0 Å². The predicted molar refractivity (Wildman–Crippen MR) is 79.5 cm³/mol. The largest absolute Gasteiger partial charge is 0.410 e. The Balaban J connectivity index is 2.03. The molecule has 2 N–H and O–H groups in total. The van der Waals surface area contributed by atoms with Gasteiger partial charge in [-0.05, 0) is 25.0 Å². The first-order valence-corrected chi connectivity index (χ1v) is 6.95. The molecule has 0 saturated carbocycles. The summed E-state index contributed by atoms with van der Waals surface area (Å²) in [7, 11) is 0. The van der Waals surface area contributed by atoms with Crippen LogP contribution in [0.25, 0.3) is 0 Å². The number of amides is 1. The molecule has 7 heteroatoms. The number of nitriles is 1. The van der Waals surface area contributed by atoms with E-state index in [1.165, 1.54) is 0 Å². The molecule has 0 spiro atoms. The Morgan fingerprint density at radius 3 is 2.86 bits per heavy atom. The molecule has 110 valence electrons. The molecule has 1 aliphatic rings. The molecule has 1 fully saturated rings. The second kappa shape index (κ2) is 6.95. The number of halogens is 1. The molecule has 1 heterocycles. The lowest BCUT2D eigenvalue weighted by Crippen LogP contribution is -2.40. The van der Waals surface area contributed by atoms with Gasteiger partial charge in [0.1, 0.15) is 12.4 Å². The third-order valence-corrected chi connectivity index (χ3v) is 3.89. The van der Waals surface area contributed by atoms with Crippen LogP contribution in [0, 0.1) is 17.2 Å². The molecule has 1 saturated heterocycles. The number of nitrogens with one attached hydrogen (secondary N) is 1. The highest BCUT2D eigenvalue weighted by atomic mass is 35.5. The summed E-state index contributed by atoms with van der Waals surface area (Å²) in [4.78, 5) is 13.8. The lowest BCUT2D eigenvalue weighted by molar-refractivity contribution is -0.124. The zero-order chi connectivity index (χ0) is 15.2. The van der Waals surface area contributed by atoms with E-state index >= 15 is 0 Å². The van der Waals surface area contributed by atoms with Crippen LogP contribution < -0.4 is 10.2 Å². The van der Waals surface area contributed by atoms with Crippen molar-refractivity contribution in [2.45, 2.75) is 12.8 Å². The highest BCUT2D eigenvalue weighted by Gasteiger charge is 2.26. The topological polar surface area (TPSA) is 88.7 Å². The van der Waals surface area contributed by atoms with Gasteiger partial charge in [-0.25, -0.2) is 0 Å². The van der Waals surface area contributed by atoms with E-state index in [-0.39, 0.29) is 11.8 Å². The van der Waals surface area contributed by atoms with Gasteiger partial charge in [0.15, 0.2) is 0 Å². The van der Waals surface area contributed by atoms with E-state index < -0.39 is 0 Å². The maximum absolute atomic E-state index is 11.8. The fourth-order valence-electron chi connectivity index (χ4n) is 2.48. The second-order valence-corrected chi connectivity index (χ2v) is 5.17. The Morgan fingerprint density at radius 2 is 2.24 bits per heavy atom. The van der Waals surface area contributed by atoms with Crippen molar-refractivity contribution < 1.29 is 10.0 Å². The summed E-state index contributed by atoms with van der Waals surface area (Å²) < 4.78 is 0. The standard InChI is InChI=1S/C14H15ClN4O2/c15-12-2-1-3-13(11(12)8-16)19-6-4-10(5-7-19)14(20)17-9-18-21/h1-3,9-10,21H,4-7H2,(H,17,18,20). The van der Waals surface area contributed by atoms with Gasteiger partial charge in [0.25, 0.3) is 0 Å². The highest BCUT2D eigenvalue weighted by molar-refractivity contribution is 6.32. The van der Waals surface area contributed by atoms with Crippen LogP contribution in [-0.2, 0) is 4.79 Å². The lowest BCUT2D eigenvalue weighted by Gasteiger charge is -2.33. The molecule has 0 aromatic heterocycles. The average Bonchev–Trinajstić information content (AvgIpc) is 2.52. The van der Waals surface area contributed by atoms with E-state index in [1.807, 2.05) is 12.1 Å². The molecular formula is C14H15ClN4O2. The van der Waals surface area contributed by atoms with Gasteiger partial charge in [0.2, 0.25) is 5.91 Å². The number of carbonyl (C=O) groups is 1. The van der Waals surface area contributed by atoms with Crippen molar-refractivity contribution in [1.82, 2.24) is 5.32 Å². The van der Waals surface area contributed by atoms with Gasteiger partial charge in [-0.2, -0.15) is 5.26 Å². The fraction of sp³-hybridized carbons (Fsp3) is 0.357. The summed E-state index contributed by atoms with van der Waals surface area (Å²) in [5.74, 6) is -0.275. The van der Waals surface area contributed by atoms with Gasteiger partial charge in [-0.3, -0.25) is 4.79 Å². The van der Waals surface area contributed by atoms with Gasteiger partial charge in [-0.15, -0.1) is 0 Å². The zero-order valence-corrected chi connectivity index (χ0v) is 12.0. The first-order valence-electron chi connectivity index (χ1n) is 6.57. The van der Waals surface area contributed by atoms with E-state index in [4.69, 9.17) is 16.8 Å². The summed E-state index contributed by atoms with van der Waals surface area (Å²) in [5, 5.41) is 23.1. The number of hydrogen-bond donors (Lipinski definition) is 2. The van der Waals surface area contributed by atoms with Crippen LogP contribution in [0.4, 0.5) is 5.69 Å². The smallest absolute Gasteiger partial charge is 0.228 e. The minimum Gasteiger partial charge on any atom is -0.410 e. The summed E-state index contributed by atoms with van der Waals surface area (Å²) >= 11 is 6.03. The van der Waals surface area contributed by atoms with Crippen molar-refractivity contribution in [2.75, 3.05) is 18.0 Å². The van der Waals surface area contributed by atoms with E-state index in [1.54, 1.807) is 6.07 Å². The number of anilines is 1. The average molecular weight is 307 g/mol. The Bertz CT molecular complexity index is 589. The van der Waals surface area contributed by atoms with Crippen molar-refractivity contribution in [2.24, 2.45) is 11.1 Å². The van der Waals surface area contributed by atoms with E-state index in [9.17, 15) is 10.1 Å². The SMILES string of the molecule is N#Cc1c(Cl)cccc1N1CCC(C(=O)NC=NO)CC1. The summed E-state index contributed by atoms with van der Waals surface area (Å²) in [6.45, 7) is 1.34. The molecule has 0 atom stereocenters. The van der Waals surface area contributed by atoms with Crippen molar-refractivity contribution in [3.8, 4) is 6.07 Å². The molecule has 0 aliphatic carbocycles. The number of piperidine rings is 1. The lowest BCUT2D eigenvalue weighted by atomic mass is 9.95. The maximum Gasteiger partial charge on any atom is 0.228 e. The quantitative estimate of drug-likeness (QED) is 0.387. The number of rotatable bonds is 3. The number of hydrogen-bond acceptors (Lipinski definition) is 5. The maximum atomic E-state index is 11.8. The minimum absolute atomic E-state index is 0.121. The predicted octanol–water partition coefficient (Wildman–Crippen LogP) is 1.96. The van der Waals surface area contributed by atoms with Crippen LogP contribution in [0.15, 0.2) is 23.4 Å². The van der Waals surface area contributed by atoms with Crippen molar-refractivity contribution in [3.63, 3.8) is 0 Å². The molecule has 2 rings (SSSR count). The molecule has 21 heavy (non-hydrogen) atoms. The molecule has 1 amide bonds.